The van der Waals surface area contributed by atoms with Crippen LogP contribution >= 0.6 is 0 Å². The molecule has 5 rings (SSSR count). The zero-order chi connectivity index (χ0) is 29.3. The highest BCUT2D eigenvalue weighted by Gasteiger charge is 2.24. The van der Waals surface area contributed by atoms with Gasteiger partial charge in [0.15, 0.2) is 0 Å². The molecule has 0 unspecified atom stereocenters. The summed E-state index contributed by atoms with van der Waals surface area (Å²) in [6, 6.07) is 6.50. The Morgan fingerprint density at radius 1 is 1.10 bits per heavy atom. The van der Waals surface area contributed by atoms with Crippen LogP contribution in [0.15, 0.2) is 35.3 Å². The van der Waals surface area contributed by atoms with E-state index >= 15 is 4.39 Å². The second-order valence-corrected chi connectivity index (χ2v) is 14.0. The van der Waals surface area contributed by atoms with Crippen molar-refractivity contribution in [3.05, 3.63) is 46.6 Å². The number of rotatable bonds is 11. The van der Waals surface area contributed by atoms with Crippen molar-refractivity contribution in [2.24, 2.45) is 5.92 Å². The van der Waals surface area contributed by atoms with Crippen LogP contribution in [-0.4, -0.2) is 59.8 Å². The van der Waals surface area contributed by atoms with E-state index in [0.717, 1.165) is 32.1 Å². The van der Waals surface area contributed by atoms with Gasteiger partial charge >= 0.3 is 0 Å². The molecule has 2 aliphatic rings. The van der Waals surface area contributed by atoms with E-state index in [2.05, 4.69) is 34.0 Å². The second-order valence-electron chi connectivity index (χ2n) is 12.1. The number of hydrogen-bond donors (Lipinski definition) is 2. The molecule has 2 aromatic heterocycles. The Morgan fingerprint density at radius 3 is 2.46 bits per heavy atom. The van der Waals surface area contributed by atoms with Gasteiger partial charge in [-0.15, -0.1) is 0 Å². The summed E-state index contributed by atoms with van der Waals surface area (Å²) < 4.78 is 44.0. The topological polar surface area (TPSA) is 109 Å². The van der Waals surface area contributed by atoms with Gasteiger partial charge in [0.25, 0.3) is 5.56 Å². The highest BCUT2D eigenvalue weighted by Crippen LogP contribution is 2.34. The van der Waals surface area contributed by atoms with Crippen LogP contribution in [-0.2, 0) is 10.0 Å². The van der Waals surface area contributed by atoms with E-state index in [1.165, 1.54) is 25.0 Å². The van der Waals surface area contributed by atoms with Crippen LogP contribution in [0.4, 0.5) is 16.0 Å². The molecular weight excluding hydrogens is 543 g/mol. The largest absolute Gasteiger partial charge is 0.351 e. The summed E-state index contributed by atoms with van der Waals surface area (Å²) in [6.07, 6.45) is 9.73. The number of fused-ring (bicyclic) bond motifs is 1. The van der Waals surface area contributed by atoms with E-state index < -0.39 is 15.8 Å². The van der Waals surface area contributed by atoms with E-state index in [1.807, 2.05) is 13.8 Å². The number of benzene rings is 1. The predicted octanol–water partition coefficient (Wildman–Crippen LogP) is 5.40. The first-order valence-electron chi connectivity index (χ1n) is 14.7. The first-order valence-corrected chi connectivity index (χ1v) is 16.3. The van der Waals surface area contributed by atoms with Crippen LogP contribution < -0.4 is 15.6 Å². The first kappa shape index (κ1) is 29.4. The minimum atomic E-state index is -3.66. The zero-order valence-electron chi connectivity index (χ0n) is 24.4. The fourth-order valence-corrected chi connectivity index (χ4v) is 6.90. The number of nitrogens with zero attached hydrogens (tertiary/aromatic N) is 4. The molecule has 0 amide bonds. The van der Waals surface area contributed by atoms with Crippen LogP contribution in [0, 0.1) is 11.7 Å². The van der Waals surface area contributed by atoms with Crippen LogP contribution in [0.1, 0.15) is 71.3 Å². The molecule has 222 valence electrons. The van der Waals surface area contributed by atoms with Crippen molar-refractivity contribution in [2.75, 3.05) is 29.9 Å². The van der Waals surface area contributed by atoms with Gasteiger partial charge in [-0.2, -0.15) is 4.98 Å². The number of nitrogens with one attached hydrogen (secondary N) is 2. The number of hydrogen-bond acceptors (Lipinski definition) is 7. The Labute approximate surface area is 241 Å². The van der Waals surface area contributed by atoms with Crippen LogP contribution in [0.5, 0.6) is 0 Å². The molecule has 0 saturated heterocycles. The molecule has 0 bridgehead atoms. The summed E-state index contributed by atoms with van der Waals surface area (Å²) in [5.74, 6) is 0.359. The summed E-state index contributed by atoms with van der Waals surface area (Å²) in [7, 11) is 0.575. The molecule has 2 saturated carbocycles. The maximum atomic E-state index is 15.1. The van der Waals surface area contributed by atoms with Crippen LogP contribution in [0.25, 0.3) is 22.2 Å². The molecule has 2 aliphatic carbocycles. The molecule has 0 spiro atoms. The Balaban J connectivity index is 1.38. The standard InChI is InChI=1S/C30H41FN6O3S/c1-19(2)37-28-22(18-32-30(34-28)33-23-10-12-24(13-11-23)36(3)4)16-25(29(37)38)21-9-14-27(26(31)17-21)35-41(39,40)15-5-6-20-7-8-20/h9,14,16-20,23-24,35H,5-8,10-13,15H2,1-4H3,(H,32,33,34)/t23-,24-. The molecule has 2 heterocycles. The average molecular weight is 585 g/mol. The van der Waals surface area contributed by atoms with Crippen molar-refractivity contribution >= 4 is 32.7 Å². The van der Waals surface area contributed by atoms with Gasteiger partial charge in [-0.25, -0.2) is 17.8 Å². The van der Waals surface area contributed by atoms with Gasteiger partial charge in [0.05, 0.1) is 11.4 Å². The predicted molar refractivity (Wildman–Crippen MR) is 162 cm³/mol. The second kappa shape index (κ2) is 12.1. The van der Waals surface area contributed by atoms with Crippen molar-refractivity contribution in [1.82, 2.24) is 19.4 Å². The number of halogens is 1. The van der Waals surface area contributed by atoms with Crippen molar-refractivity contribution in [3.8, 4) is 11.1 Å². The minimum absolute atomic E-state index is 0.0390. The Kier molecular flexibility index (Phi) is 8.65. The molecular formula is C30H41FN6O3S. The Morgan fingerprint density at radius 2 is 1.83 bits per heavy atom. The lowest BCUT2D eigenvalue weighted by atomic mass is 9.91. The number of sulfonamides is 1. The molecule has 0 atom stereocenters. The quantitative estimate of drug-likeness (QED) is 0.311. The molecule has 41 heavy (non-hydrogen) atoms. The Hall–Kier alpha value is -3.05. The third kappa shape index (κ3) is 7.06. The molecule has 0 radical (unpaired) electrons. The number of pyridine rings is 1. The summed E-state index contributed by atoms with van der Waals surface area (Å²) in [6.45, 7) is 3.81. The van der Waals surface area contributed by atoms with E-state index in [-0.39, 0.29) is 29.1 Å². The van der Waals surface area contributed by atoms with Crippen molar-refractivity contribution < 1.29 is 12.8 Å². The summed E-state index contributed by atoms with van der Waals surface area (Å²) >= 11 is 0. The Bertz CT molecular complexity index is 1560. The van der Waals surface area contributed by atoms with Gasteiger partial charge in [0.2, 0.25) is 16.0 Å². The normalized spacial score (nSPS) is 19.7. The summed E-state index contributed by atoms with van der Waals surface area (Å²) in [5, 5.41) is 4.12. The molecule has 9 nitrogen and oxygen atoms in total. The summed E-state index contributed by atoms with van der Waals surface area (Å²) in [4.78, 5) is 25.2. The SMILES string of the molecule is CC(C)n1c(=O)c(-c2ccc(NS(=O)(=O)CCCC3CC3)c(F)c2)cc2cnc(N[C@H]3CC[C@H](N(C)C)CC3)nc21. The highest BCUT2D eigenvalue weighted by atomic mass is 32.2. The van der Waals surface area contributed by atoms with E-state index in [0.29, 0.717) is 46.5 Å². The average Bonchev–Trinajstić information content (AvgIpc) is 3.74. The van der Waals surface area contributed by atoms with Crippen LogP contribution in [0.2, 0.25) is 0 Å². The third-order valence-corrected chi connectivity index (χ3v) is 9.67. The van der Waals surface area contributed by atoms with Gasteiger partial charge in [0, 0.05) is 35.3 Å². The lowest BCUT2D eigenvalue weighted by molar-refractivity contribution is 0.221. The fraction of sp³-hybridized carbons (Fsp3) is 0.567. The van der Waals surface area contributed by atoms with Gasteiger partial charge in [0.1, 0.15) is 11.5 Å². The van der Waals surface area contributed by atoms with Crippen molar-refractivity contribution in [2.45, 2.75) is 83.3 Å². The molecule has 3 aromatic rings. The molecule has 2 fully saturated rings. The molecule has 11 heteroatoms. The minimum Gasteiger partial charge on any atom is -0.351 e. The maximum Gasteiger partial charge on any atom is 0.260 e. The maximum absolute atomic E-state index is 15.1. The first-order chi connectivity index (χ1) is 19.5. The fourth-order valence-electron chi connectivity index (χ4n) is 5.75. The zero-order valence-corrected chi connectivity index (χ0v) is 25.2. The monoisotopic (exact) mass is 584 g/mol. The van der Waals surface area contributed by atoms with Crippen LogP contribution in [0.3, 0.4) is 0 Å². The summed E-state index contributed by atoms with van der Waals surface area (Å²) in [5.41, 5.74) is 0.764. The lowest BCUT2D eigenvalue weighted by Crippen LogP contribution is -2.36. The van der Waals surface area contributed by atoms with Crippen molar-refractivity contribution in [3.63, 3.8) is 0 Å². The van der Waals surface area contributed by atoms with E-state index in [1.54, 1.807) is 22.9 Å². The number of aromatic nitrogens is 3. The molecule has 0 aliphatic heterocycles. The molecule has 2 N–H and O–H groups in total. The number of anilines is 2. The van der Waals surface area contributed by atoms with Gasteiger partial charge in [-0.05, 0) is 96.1 Å². The van der Waals surface area contributed by atoms with Gasteiger partial charge in [-0.1, -0.05) is 18.9 Å². The van der Waals surface area contributed by atoms with E-state index in [9.17, 15) is 13.2 Å². The lowest BCUT2D eigenvalue weighted by Gasteiger charge is -2.33. The highest BCUT2D eigenvalue weighted by molar-refractivity contribution is 7.92. The van der Waals surface area contributed by atoms with Crippen molar-refractivity contribution in [1.29, 1.82) is 0 Å². The van der Waals surface area contributed by atoms with Gasteiger partial charge < -0.3 is 10.2 Å². The van der Waals surface area contributed by atoms with E-state index in [4.69, 9.17) is 4.98 Å². The smallest absolute Gasteiger partial charge is 0.260 e. The molecule has 1 aromatic carbocycles. The third-order valence-electron chi connectivity index (χ3n) is 8.32. The van der Waals surface area contributed by atoms with Gasteiger partial charge in [-0.3, -0.25) is 14.1 Å².